The average molecular weight is 256 g/mol. The van der Waals surface area contributed by atoms with Gasteiger partial charge in [0.05, 0.1) is 12.0 Å². The zero-order valence-electron chi connectivity index (χ0n) is 10.4. The Hall–Kier alpha value is -0.870. The molecule has 4 heteroatoms. The number of thiophene rings is 1. The standard InChI is InChI=1S/C13H20O3S/c1-13(2,12(14)15)7-3-4-8-16-10-11-6-5-9-17-11/h5-6,9H,3-4,7-8,10H2,1-2H3,(H,14,15). The van der Waals surface area contributed by atoms with Crippen molar-refractivity contribution in [2.75, 3.05) is 6.61 Å². The van der Waals surface area contributed by atoms with E-state index in [1.807, 2.05) is 11.4 Å². The Kier molecular flexibility index (Phi) is 5.65. The molecule has 0 aliphatic heterocycles. The number of hydrogen-bond donors (Lipinski definition) is 1. The molecule has 0 aliphatic rings. The predicted octanol–water partition coefficient (Wildman–Crippen LogP) is 3.55. The molecule has 0 spiro atoms. The maximum Gasteiger partial charge on any atom is 0.309 e. The van der Waals surface area contributed by atoms with Gasteiger partial charge < -0.3 is 9.84 Å². The Bertz CT molecular complexity index is 330. The lowest BCUT2D eigenvalue weighted by Crippen LogP contribution is -2.23. The highest BCUT2D eigenvalue weighted by Crippen LogP contribution is 2.23. The molecule has 96 valence electrons. The third-order valence-electron chi connectivity index (χ3n) is 2.74. The molecular weight excluding hydrogens is 236 g/mol. The summed E-state index contributed by atoms with van der Waals surface area (Å²) < 4.78 is 5.52. The van der Waals surface area contributed by atoms with E-state index in [-0.39, 0.29) is 0 Å². The SMILES string of the molecule is CC(C)(CCCCOCc1cccs1)C(=O)O. The Morgan fingerprint density at radius 1 is 1.47 bits per heavy atom. The number of hydrogen-bond acceptors (Lipinski definition) is 3. The van der Waals surface area contributed by atoms with Crippen LogP contribution in [0.15, 0.2) is 17.5 Å². The molecule has 17 heavy (non-hydrogen) atoms. The fourth-order valence-corrected chi connectivity index (χ4v) is 2.09. The summed E-state index contributed by atoms with van der Waals surface area (Å²) >= 11 is 1.69. The lowest BCUT2D eigenvalue weighted by molar-refractivity contribution is -0.147. The van der Waals surface area contributed by atoms with Crippen LogP contribution in [0, 0.1) is 5.41 Å². The number of rotatable bonds is 8. The van der Waals surface area contributed by atoms with Crippen molar-refractivity contribution in [2.45, 2.75) is 39.7 Å². The summed E-state index contributed by atoms with van der Waals surface area (Å²) in [7, 11) is 0. The summed E-state index contributed by atoms with van der Waals surface area (Å²) in [4.78, 5) is 12.1. The number of carboxylic acid groups (broad SMARTS) is 1. The molecule has 1 rings (SSSR count). The van der Waals surface area contributed by atoms with Crippen LogP contribution in [0.4, 0.5) is 0 Å². The van der Waals surface area contributed by atoms with Gasteiger partial charge >= 0.3 is 5.97 Å². The van der Waals surface area contributed by atoms with Gasteiger partial charge in [0.1, 0.15) is 0 Å². The molecule has 1 aromatic heterocycles. The van der Waals surface area contributed by atoms with Crippen molar-refractivity contribution in [2.24, 2.45) is 5.41 Å². The molecule has 0 atom stereocenters. The molecule has 1 N–H and O–H groups in total. The first kappa shape index (κ1) is 14.2. The highest BCUT2D eigenvalue weighted by Gasteiger charge is 2.25. The minimum Gasteiger partial charge on any atom is -0.481 e. The van der Waals surface area contributed by atoms with Gasteiger partial charge in [0.15, 0.2) is 0 Å². The maximum absolute atomic E-state index is 10.9. The second-order valence-electron chi connectivity index (χ2n) is 4.78. The van der Waals surface area contributed by atoms with Gasteiger partial charge in [-0.05, 0) is 38.1 Å². The van der Waals surface area contributed by atoms with Crippen LogP contribution in [0.3, 0.4) is 0 Å². The molecular formula is C13H20O3S. The van der Waals surface area contributed by atoms with Crippen LogP contribution < -0.4 is 0 Å². The van der Waals surface area contributed by atoms with E-state index >= 15 is 0 Å². The van der Waals surface area contributed by atoms with Crippen LogP contribution in [-0.4, -0.2) is 17.7 Å². The number of unbranched alkanes of at least 4 members (excludes halogenated alkanes) is 1. The van der Waals surface area contributed by atoms with Gasteiger partial charge in [-0.2, -0.15) is 0 Å². The molecule has 0 saturated carbocycles. The Morgan fingerprint density at radius 3 is 2.82 bits per heavy atom. The van der Waals surface area contributed by atoms with Gasteiger partial charge in [-0.15, -0.1) is 11.3 Å². The lowest BCUT2D eigenvalue weighted by atomic mass is 9.87. The zero-order chi connectivity index (χ0) is 12.7. The average Bonchev–Trinajstić information content (AvgIpc) is 2.75. The first-order chi connectivity index (χ1) is 8.02. The third kappa shape index (κ3) is 5.33. The van der Waals surface area contributed by atoms with E-state index in [0.717, 1.165) is 12.8 Å². The second kappa shape index (κ2) is 6.77. The summed E-state index contributed by atoms with van der Waals surface area (Å²) in [5.41, 5.74) is -0.617. The minimum absolute atomic E-state index is 0.617. The third-order valence-corrected chi connectivity index (χ3v) is 3.59. The van der Waals surface area contributed by atoms with Gasteiger partial charge in [0.2, 0.25) is 0 Å². The molecule has 0 radical (unpaired) electrons. The monoisotopic (exact) mass is 256 g/mol. The number of carboxylic acids is 1. The molecule has 1 aromatic rings. The highest BCUT2D eigenvalue weighted by molar-refractivity contribution is 7.09. The zero-order valence-corrected chi connectivity index (χ0v) is 11.3. The van der Waals surface area contributed by atoms with Crippen molar-refractivity contribution in [3.05, 3.63) is 22.4 Å². The molecule has 1 heterocycles. The number of aliphatic carboxylic acids is 1. The minimum atomic E-state index is -0.725. The van der Waals surface area contributed by atoms with Crippen LogP contribution in [0.2, 0.25) is 0 Å². The van der Waals surface area contributed by atoms with Crippen LogP contribution in [0.25, 0.3) is 0 Å². The Balaban J connectivity index is 2.03. The van der Waals surface area contributed by atoms with Gasteiger partial charge in [-0.1, -0.05) is 12.5 Å². The van der Waals surface area contributed by atoms with Crippen LogP contribution in [0.1, 0.15) is 38.0 Å². The molecule has 0 bridgehead atoms. The predicted molar refractivity (Wildman–Crippen MR) is 69.2 cm³/mol. The van der Waals surface area contributed by atoms with E-state index in [4.69, 9.17) is 9.84 Å². The molecule has 3 nitrogen and oxygen atoms in total. The number of carbonyl (C=O) groups is 1. The van der Waals surface area contributed by atoms with Crippen molar-refractivity contribution >= 4 is 17.3 Å². The second-order valence-corrected chi connectivity index (χ2v) is 5.81. The van der Waals surface area contributed by atoms with Crippen LogP contribution >= 0.6 is 11.3 Å². The first-order valence-corrected chi connectivity index (χ1v) is 6.74. The van der Waals surface area contributed by atoms with Crippen molar-refractivity contribution in [1.29, 1.82) is 0 Å². The smallest absolute Gasteiger partial charge is 0.309 e. The van der Waals surface area contributed by atoms with Crippen molar-refractivity contribution in [3.63, 3.8) is 0 Å². The largest absolute Gasteiger partial charge is 0.481 e. The van der Waals surface area contributed by atoms with Gasteiger partial charge in [-0.25, -0.2) is 0 Å². The fraction of sp³-hybridized carbons (Fsp3) is 0.615. The first-order valence-electron chi connectivity index (χ1n) is 5.86. The molecule has 0 amide bonds. The van der Waals surface area contributed by atoms with E-state index in [9.17, 15) is 4.79 Å². The molecule has 0 unspecified atom stereocenters. The van der Waals surface area contributed by atoms with Crippen molar-refractivity contribution in [1.82, 2.24) is 0 Å². The van der Waals surface area contributed by atoms with Crippen LogP contribution in [-0.2, 0) is 16.1 Å². The van der Waals surface area contributed by atoms with E-state index in [1.165, 1.54) is 4.88 Å². The quantitative estimate of drug-likeness (QED) is 0.724. The normalized spacial score (nSPS) is 11.6. The summed E-state index contributed by atoms with van der Waals surface area (Å²) in [6, 6.07) is 4.07. The van der Waals surface area contributed by atoms with Gasteiger partial charge in [0.25, 0.3) is 0 Å². The van der Waals surface area contributed by atoms with Gasteiger partial charge in [-0.3, -0.25) is 4.79 Å². The van der Waals surface area contributed by atoms with Gasteiger partial charge in [0, 0.05) is 11.5 Å². The van der Waals surface area contributed by atoms with Crippen LogP contribution in [0.5, 0.6) is 0 Å². The molecule has 0 saturated heterocycles. The topological polar surface area (TPSA) is 46.5 Å². The maximum atomic E-state index is 10.9. The fourth-order valence-electron chi connectivity index (χ4n) is 1.45. The molecule has 0 fully saturated rings. The summed E-state index contributed by atoms with van der Waals surface area (Å²) in [5.74, 6) is -0.725. The summed E-state index contributed by atoms with van der Waals surface area (Å²) in [6.07, 6.45) is 2.51. The molecule has 0 aliphatic carbocycles. The lowest BCUT2D eigenvalue weighted by Gasteiger charge is -2.18. The highest BCUT2D eigenvalue weighted by atomic mass is 32.1. The van der Waals surface area contributed by atoms with E-state index in [0.29, 0.717) is 19.6 Å². The van der Waals surface area contributed by atoms with E-state index in [1.54, 1.807) is 25.2 Å². The summed E-state index contributed by atoms with van der Waals surface area (Å²) in [6.45, 7) is 4.90. The van der Waals surface area contributed by atoms with Crippen molar-refractivity contribution < 1.29 is 14.6 Å². The van der Waals surface area contributed by atoms with Crippen molar-refractivity contribution in [3.8, 4) is 0 Å². The molecule has 0 aromatic carbocycles. The van der Waals surface area contributed by atoms with E-state index in [2.05, 4.69) is 6.07 Å². The summed E-state index contributed by atoms with van der Waals surface area (Å²) in [5, 5.41) is 11.0. The Morgan fingerprint density at radius 2 is 2.24 bits per heavy atom. The van der Waals surface area contributed by atoms with E-state index < -0.39 is 11.4 Å². The number of ether oxygens (including phenoxy) is 1. The Labute approximate surface area is 106 Å².